The molecule has 0 aliphatic carbocycles. The predicted molar refractivity (Wildman–Crippen MR) is 127 cm³/mol. The van der Waals surface area contributed by atoms with Crippen molar-refractivity contribution >= 4 is 33.5 Å². The molecule has 4 aromatic rings. The maximum atomic E-state index is 13.1. The third kappa shape index (κ3) is 5.04. The maximum Gasteiger partial charge on any atom is 0.223 e. The lowest BCUT2D eigenvalue weighted by molar-refractivity contribution is -0.131. The number of rotatable bonds is 8. The molecule has 158 valence electrons. The van der Waals surface area contributed by atoms with Crippen LogP contribution in [0.2, 0.25) is 0 Å². The van der Waals surface area contributed by atoms with Gasteiger partial charge in [0.05, 0.1) is 6.54 Å². The summed E-state index contributed by atoms with van der Waals surface area (Å²) in [6.45, 7) is 1.38. The minimum Gasteiger partial charge on any atom is -0.370 e. The number of hydrogen-bond donors (Lipinski definition) is 3. The van der Waals surface area contributed by atoms with Crippen molar-refractivity contribution in [3.05, 3.63) is 84.1 Å². The second-order valence-corrected chi connectivity index (χ2v) is 7.66. The Bertz CT molecular complexity index is 1220. The first kappa shape index (κ1) is 20.5. The monoisotopic (exact) mass is 413 g/mol. The first-order valence-corrected chi connectivity index (χ1v) is 10.5. The fraction of sp³-hybridized carbons (Fsp3) is 0.200. The van der Waals surface area contributed by atoms with E-state index in [9.17, 15) is 4.79 Å². The highest BCUT2D eigenvalue weighted by Crippen LogP contribution is 2.20. The van der Waals surface area contributed by atoms with Crippen molar-refractivity contribution in [3.8, 4) is 0 Å². The summed E-state index contributed by atoms with van der Waals surface area (Å²) in [6.07, 6.45) is 3.10. The summed E-state index contributed by atoms with van der Waals surface area (Å²) in [5, 5.41) is 3.51. The number of carbonyl (C=O) groups is 1. The van der Waals surface area contributed by atoms with Gasteiger partial charge in [-0.25, -0.2) is 0 Å². The molecular formula is C25H27N5O. The van der Waals surface area contributed by atoms with E-state index in [0.29, 0.717) is 32.5 Å². The van der Waals surface area contributed by atoms with E-state index in [-0.39, 0.29) is 11.9 Å². The van der Waals surface area contributed by atoms with Gasteiger partial charge in [-0.3, -0.25) is 9.79 Å². The number of guanidine groups is 1. The number of aromatic nitrogens is 1. The van der Waals surface area contributed by atoms with Gasteiger partial charge in [-0.1, -0.05) is 54.6 Å². The molecule has 0 bridgehead atoms. The van der Waals surface area contributed by atoms with E-state index in [1.165, 1.54) is 5.39 Å². The summed E-state index contributed by atoms with van der Waals surface area (Å²) in [6, 6.07) is 22.7. The number of nitrogens with two attached hydrogens (primary N) is 2. The lowest BCUT2D eigenvalue weighted by Gasteiger charge is -2.22. The Morgan fingerprint density at radius 1 is 0.968 bits per heavy atom. The Hall–Kier alpha value is -3.80. The molecule has 0 spiro atoms. The maximum absolute atomic E-state index is 13.1. The number of nitrogens with zero attached hydrogens (tertiary/aromatic N) is 2. The number of benzene rings is 3. The Labute approximate surface area is 181 Å². The summed E-state index contributed by atoms with van der Waals surface area (Å²) < 4.78 is 0. The molecule has 1 aromatic heterocycles. The molecule has 31 heavy (non-hydrogen) atoms. The van der Waals surface area contributed by atoms with Gasteiger partial charge in [-0.05, 0) is 40.5 Å². The molecule has 4 rings (SSSR count). The zero-order valence-corrected chi connectivity index (χ0v) is 17.4. The number of fused-ring (bicyclic) bond motifs is 2. The Morgan fingerprint density at radius 2 is 1.74 bits per heavy atom. The first-order chi connectivity index (χ1) is 15.1. The van der Waals surface area contributed by atoms with Gasteiger partial charge < -0.3 is 21.4 Å². The van der Waals surface area contributed by atoms with Crippen LogP contribution in [-0.2, 0) is 17.8 Å². The van der Waals surface area contributed by atoms with Gasteiger partial charge in [0.2, 0.25) is 5.91 Å². The van der Waals surface area contributed by atoms with Crippen molar-refractivity contribution < 1.29 is 4.79 Å². The minimum atomic E-state index is 0.0388. The second-order valence-electron chi connectivity index (χ2n) is 7.66. The molecule has 1 amide bonds. The molecule has 0 saturated carbocycles. The Morgan fingerprint density at radius 3 is 2.58 bits per heavy atom. The second kappa shape index (κ2) is 9.34. The van der Waals surface area contributed by atoms with Crippen LogP contribution in [0.1, 0.15) is 17.5 Å². The van der Waals surface area contributed by atoms with Crippen LogP contribution >= 0.6 is 0 Å². The van der Waals surface area contributed by atoms with Crippen LogP contribution in [0, 0.1) is 0 Å². The molecule has 0 aliphatic rings. The van der Waals surface area contributed by atoms with E-state index in [1.54, 1.807) is 0 Å². The summed E-state index contributed by atoms with van der Waals surface area (Å²) in [7, 11) is 0. The third-order valence-electron chi connectivity index (χ3n) is 5.49. The minimum absolute atomic E-state index is 0.0388. The number of amides is 1. The van der Waals surface area contributed by atoms with Gasteiger partial charge in [0, 0.05) is 36.6 Å². The Balaban J connectivity index is 1.48. The van der Waals surface area contributed by atoms with E-state index in [1.807, 2.05) is 41.4 Å². The molecule has 5 N–H and O–H groups in total. The number of aliphatic imine (C=N–C) groups is 1. The zero-order valence-electron chi connectivity index (χ0n) is 17.4. The number of aromatic amines is 1. The quantitative estimate of drug-likeness (QED) is 0.304. The molecule has 6 heteroatoms. The molecule has 0 atom stereocenters. The van der Waals surface area contributed by atoms with Crippen LogP contribution in [0.25, 0.3) is 21.7 Å². The van der Waals surface area contributed by atoms with Gasteiger partial charge in [-0.2, -0.15) is 0 Å². The molecule has 0 fully saturated rings. The highest BCUT2D eigenvalue weighted by Gasteiger charge is 2.15. The van der Waals surface area contributed by atoms with E-state index in [0.717, 1.165) is 27.4 Å². The van der Waals surface area contributed by atoms with Crippen molar-refractivity contribution in [3.63, 3.8) is 0 Å². The molecule has 6 nitrogen and oxygen atoms in total. The van der Waals surface area contributed by atoms with E-state index in [4.69, 9.17) is 11.5 Å². The largest absolute Gasteiger partial charge is 0.370 e. The average Bonchev–Trinajstić information content (AvgIpc) is 3.19. The number of hydrogen-bond acceptors (Lipinski definition) is 2. The highest BCUT2D eigenvalue weighted by atomic mass is 16.2. The molecule has 1 heterocycles. The van der Waals surface area contributed by atoms with Crippen LogP contribution in [0.4, 0.5) is 0 Å². The smallest absolute Gasteiger partial charge is 0.223 e. The number of H-pyrrole nitrogens is 1. The molecular weight excluding hydrogens is 386 g/mol. The van der Waals surface area contributed by atoms with Crippen LogP contribution < -0.4 is 11.5 Å². The van der Waals surface area contributed by atoms with Crippen molar-refractivity contribution in [2.75, 3.05) is 13.1 Å². The van der Waals surface area contributed by atoms with Gasteiger partial charge in [0.1, 0.15) is 0 Å². The fourth-order valence-corrected chi connectivity index (χ4v) is 3.89. The Kier molecular flexibility index (Phi) is 6.17. The zero-order chi connectivity index (χ0) is 21.6. The van der Waals surface area contributed by atoms with Crippen molar-refractivity contribution in [2.24, 2.45) is 16.5 Å². The summed E-state index contributed by atoms with van der Waals surface area (Å²) in [4.78, 5) is 22.3. The van der Waals surface area contributed by atoms with E-state index >= 15 is 0 Å². The average molecular weight is 414 g/mol. The molecule has 0 radical (unpaired) electrons. The van der Waals surface area contributed by atoms with Gasteiger partial charge >= 0.3 is 0 Å². The fourth-order valence-electron chi connectivity index (χ4n) is 3.89. The molecule has 0 aliphatic heterocycles. The van der Waals surface area contributed by atoms with Crippen molar-refractivity contribution in [2.45, 2.75) is 19.4 Å². The summed E-state index contributed by atoms with van der Waals surface area (Å²) in [5.41, 5.74) is 14.3. The number of nitrogens with one attached hydrogen (secondary N) is 1. The standard InChI is InChI=1S/C25H27N5O/c26-25(27)28-13-14-30(17-18-9-10-19-5-1-2-6-20(19)15-18)24(31)12-11-21-16-29-23-8-4-3-7-22(21)23/h1-10,15-16,29H,11-14,17H2,(H4,26,27,28). The molecule has 0 unspecified atom stereocenters. The lowest BCUT2D eigenvalue weighted by Crippen LogP contribution is -2.34. The third-order valence-corrected chi connectivity index (χ3v) is 5.49. The number of carbonyl (C=O) groups excluding carboxylic acids is 1. The van der Waals surface area contributed by atoms with Crippen LogP contribution in [0.5, 0.6) is 0 Å². The lowest BCUT2D eigenvalue weighted by atomic mass is 10.1. The van der Waals surface area contributed by atoms with E-state index in [2.05, 4.69) is 46.4 Å². The van der Waals surface area contributed by atoms with Gasteiger partial charge in [-0.15, -0.1) is 0 Å². The van der Waals surface area contributed by atoms with Crippen LogP contribution in [-0.4, -0.2) is 34.8 Å². The summed E-state index contributed by atoms with van der Waals surface area (Å²) >= 11 is 0. The first-order valence-electron chi connectivity index (χ1n) is 10.5. The van der Waals surface area contributed by atoms with Gasteiger partial charge in [0.25, 0.3) is 0 Å². The SMILES string of the molecule is NC(N)=NCCN(Cc1ccc2ccccc2c1)C(=O)CCc1c[nH]c2ccccc12. The summed E-state index contributed by atoms with van der Waals surface area (Å²) in [5.74, 6) is 0.126. The number of para-hydroxylation sites is 1. The predicted octanol–water partition coefficient (Wildman–Crippen LogP) is 3.56. The highest BCUT2D eigenvalue weighted by molar-refractivity contribution is 5.85. The van der Waals surface area contributed by atoms with Crippen molar-refractivity contribution in [1.82, 2.24) is 9.88 Å². The van der Waals surface area contributed by atoms with Crippen LogP contribution in [0.15, 0.2) is 77.9 Å². The van der Waals surface area contributed by atoms with E-state index < -0.39 is 0 Å². The normalized spacial score (nSPS) is 11.0. The molecule has 0 saturated heterocycles. The van der Waals surface area contributed by atoms with Crippen molar-refractivity contribution in [1.29, 1.82) is 0 Å². The topological polar surface area (TPSA) is 100 Å². The molecule has 3 aromatic carbocycles. The van der Waals surface area contributed by atoms with Gasteiger partial charge in [0.15, 0.2) is 5.96 Å². The van der Waals surface area contributed by atoms with Crippen LogP contribution in [0.3, 0.4) is 0 Å². The number of aryl methyl sites for hydroxylation is 1.